The highest BCUT2D eigenvalue weighted by Crippen LogP contribution is 2.30. The number of hydrogen-bond donors (Lipinski definition) is 1. The first-order valence-electron chi connectivity index (χ1n) is 6.68. The predicted octanol–water partition coefficient (Wildman–Crippen LogP) is 3.18. The van der Waals surface area contributed by atoms with Crippen LogP contribution in [0.25, 0.3) is 0 Å². The van der Waals surface area contributed by atoms with Crippen molar-refractivity contribution >= 4 is 33.4 Å². The van der Waals surface area contributed by atoms with E-state index in [2.05, 4.69) is 26.2 Å². The first-order chi connectivity index (χ1) is 9.37. The number of aromatic nitrogens is 1. The maximum atomic E-state index is 12.4. The number of nitrogens with one attached hydrogen (secondary N) is 1. The van der Waals surface area contributed by atoms with Crippen LogP contribution >= 0.6 is 27.3 Å². The van der Waals surface area contributed by atoms with Gasteiger partial charge in [-0.2, -0.15) is 0 Å². The van der Waals surface area contributed by atoms with Crippen LogP contribution < -0.4 is 5.32 Å². The molecule has 1 aromatic rings. The van der Waals surface area contributed by atoms with E-state index in [-0.39, 0.29) is 12.1 Å². The summed E-state index contributed by atoms with van der Waals surface area (Å²) in [5.74, 6) is 0. The minimum atomic E-state index is -0.481. The molecule has 1 fully saturated rings. The maximum absolute atomic E-state index is 12.4. The number of nitrogens with zero attached hydrogens (tertiary/aromatic N) is 2. The minimum Gasteiger partial charge on any atom is -0.444 e. The van der Waals surface area contributed by atoms with Gasteiger partial charge in [0.1, 0.15) is 15.2 Å². The topological polar surface area (TPSA) is 54.5 Å². The number of hydrogen-bond acceptors (Lipinski definition) is 5. The van der Waals surface area contributed by atoms with Crippen LogP contribution in [0.3, 0.4) is 0 Å². The van der Waals surface area contributed by atoms with E-state index < -0.39 is 5.60 Å². The zero-order valence-electron chi connectivity index (χ0n) is 12.0. The summed E-state index contributed by atoms with van der Waals surface area (Å²) in [7, 11) is 0. The molecule has 1 aromatic heterocycles. The Morgan fingerprint density at radius 3 is 2.90 bits per heavy atom. The summed E-state index contributed by atoms with van der Waals surface area (Å²) in [6, 6.07) is -0.0175. The van der Waals surface area contributed by atoms with E-state index in [1.54, 1.807) is 16.2 Å². The van der Waals surface area contributed by atoms with Crippen LogP contribution in [0, 0.1) is 0 Å². The monoisotopic (exact) mass is 361 g/mol. The molecule has 2 heterocycles. The molecule has 5 nitrogen and oxygen atoms in total. The number of halogens is 1. The van der Waals surface area contributed by atoms with E-state index in [1.807, 2.05) is 26.2 Å². The van der Waals surface area contributed by atoms with Gasteiger partial charge in [-0.25, -0.2) is 9.78 Å². The highest BCUT2D eigenvalue weighted by molar-refractivity contribution is 9.10. The number of carbonyl (C=O) groups is 1. The molecule has 1 amide bonds. The van der Waals surface area contributed by atoms with Gasteiger partial charge in [0.05, 0.1) is 6.04 Å². The zero-order valence-corrected chi connectivity index (χ0v) is 14.4. The largest absolute Gasteiger partial charge is 0.444 e. The summed E-state index contributed by atoms with van der Waals surface area (Å²) < 4.78 is 6.33. The van der Waals surface area contributed by atoms with Gasteiger partial charge in [0.15, 0.2) is 0 Å². The normalized spacial score (nSPS) is 20.6. The summed E-state index contributed by atoms with van der Waals surface area (Å²) in [6.45, 7) is 7.95. The Kier molecular flexibility index (Phi) is 5.04. The van der Waals surface area contributed by atoms with Crippen molar-refractivity contribution in [3.8, 4) is 0 Å². The zero-order chi connectivity index (χ0) is 14.8. The standard InChI is InChI=1S/C13H20BrN3O2S/c1-13(2,3)19-12(18)17-7-6-15-5-4-9(17)11-16-10(14)8-20-11/h8-9,15H,4-7H2,1-3H3. The van der Waals surface area contributed by atoms with Crippen molar-refractivity contribution in [1.82, 2.24) is 15.2 Å². The molecule has 0 aromatic carbocycles. The van der Waals surface area contributed by atoms with Gasteiger partial charge in [0, 0.05) is 18.5 Å². The average molecular weight is 362 g/mol. The SMILES string of the molecule is CC(C)(C)OC(=O)N1CCNCCC1c1nc(Br)cs1. The third-order valence-electron chi connectivity index (χ3n) is 2.91. The highest BCUT2D eigenvalue weighted by Gasteiger charge is 2.31. The molecule has 1 atom stereocenters. The van der Waals surface area contributed by atoms with Crippen LogP contribution in [0.15, 0.2) is 9.98 Å². The molecule has 0 spiro atoms. The summed E-state index contributed by atoms with van der Waals surface area (Å²) >= 11 is 4.94. The number of rotatable bonds is 1. The van der Waals surface area contributed by atoms with Gasteiger partial charge in [0.25, 0.3) is 0 Å². The lowest BCUT2D eigenvalue weighted by Crippen LogP contribution is -2.40. The Hall–Kier alpha value is -0.660. The molecule has 1 saturated heterocycles. The number of ether oxygens (including phenoxy) is 1. The van der Waals surface area contributed by atoms with E-state index in [1.165, 1.54) is 0 Å². The quantitative estimate of drug-likeness (QED) is 0.834. The molecule has 0 radical (unpaired) electrons. The summed E-state index contributed by atoms with van der Waals surface area (Å²) in [4.78, 5) is 18.6. The van der Waals surface area contributed by atoms with E-state index in [4.69, 9.17) is 4.74 Å². The Balaban J connectivity index is 2.19. The molecule has 0 saturated carbocycles. The van der Waals surface area contributed by atoms with Crippen LogP contribution in [-0.4, -0.2) is 41.2 Å². The first-order valence-corrected chi connectivity index (χ1v) is 8.35. The highest BCUT2D eigenvalue weighted by atomic mass is 79.9. The molecule has 1 N–H and O–H groups in total. The molecule has 112 valence electrons. The molecule has 1 aliphatic heterocycles. The van der Waals surface area contributed by atoms with Crippen LogP contribution in [0.5, 0.6) is 0 Å². The molecule has 0 bridgehead atoms. The van der Waals surface area contributed by atoms with Crippen molar-refractivity contribution in [2.45, 2.75) is 38.8 Å². The van der Waals surface area contributed by atoms with Crippen LogP contribution in [0.2, 0.25) is 0 Å². The second-order valence-electron chi connectivity index (χ2n) is 5.74. The molecule has 7 heteroatoms. The van der Waals surface area contributed by atoms with E-state index >= 15 is 0 Å². The summed E-state index contributed by atoms with van der Waals surface area (Å²) in [5.41, 5.74) is -0.481. The Morgan fingerprint density at radius 1 is 1.55 bits per heavy atom. The van der Waals surface area contributed by atoms with Crippen molar-refractivity contribution < 1.29 is 9.53 Å². The lowest BCUT2D eigenvalue weighted by atomic mass is 10.2. The van der Waals surface area contributed by atoms with E-state index in [9.17, 15) is 4.79 Å². The van der Waals surface area contributed by atoms with Gasteiger partial charge < -0.3 is 10.1 Å². The fourth-order valence-corrected chi connectivity index (χ4v) is 3.50. The van der Waals surface area contributed by atoms with Gasteiger partial charge >= 0.3 is 6.09 Å². The second kappa shape index (κ2) is 6.41. The Bertz CT molecular complexity index is 472. The smallest absolute Gasteiger partial charge is 0.410 e. The van der Waals surface area contributed by atoms with Gasteiger partial charge in [-0.1, -0.05) is 0 Å². The van der Waals surface area contributed by atoms with Crippen molar-refractivity contribution in [2.75, 3.05) is 19.6 Å². The molecule has 1 aliphatic rings. The van der Waals surface area contributed by atoms with E-state index in [0.717, 1.165) is 29.1 Å². The third-order valence-corrected chi connectivity index (χ3v) is 4.56. The Morgan fingerprint density at radius 2 is 2.30 bits per heavy atom. The van der Waals surface area contributed by atoms with Crippen molar-refractivity contribution in [1.29, 1.82) is 0 Å². The van der Waals surface area contributed by atoms with Crippen LogP contribution in [-0.2, 0) is 4.74 Å². The molecular weight excluding hydrogens is 342 g/mol. The summed E-state index contributed by atoms with van der Waals surface area (Å²) in [6.07, 6.45) is 0.580. The Labute approximate surface area is 131 Å². The van der Waals surface area contributed by atoms with Crippen molar-refractivity contribution in [3.63, 3.8) is 0 Å². The molecule has 1 unspecified atom stereocenters. The van der Waals surface area contributed by atoms with Crippen molar-refractivity contribution in [2.24, 2.45) is 0 Å². The third kappa shape index (κ3) is 4.17. The van der Waals surface area contributed by atoms with Gasteiger partial charge in [-0.15, -0.1) is 11.3 Å². The molecular formula is C13H20BrN3O2S. The second-order valence-corrected chi connectivity index (χ2v) is 7.44. The number of carbonyl (C=O) groups excluding carboxylic acids is 1. The molecule has 2 rings (SSSR count). The van der Waals surface area contributed by atoms with E-state index in [0.29, 0.717) is 6.54 Å². The molecule has 20 heavy (non-hydrogen) atoms. The lowest BCUT2D eigenvalue weighted by Gasteiger charge is -2.31. The number of amides is 1. The molecule has 0 aliphatic carbocycles. The van der Waals surface area contributed by atoms with Gasteiger partial charge in [-0.05, 0) is 49.7 Å². The summed E-state index contributed by atoms with van der Waals surface area (Å²) in [5, 5.41) is 6.21. The average Bonchev–Trinajstić information content (AvgIpc) is 2.62. The fourth-order valence-electron chi connectivity index (χ4n) is 2.09. The predicted molar refractivity (Wildman–Crippen MR) is 83.0 cm³/mol. The first kappa shape index (κ1) is 15.7. The van der Waals surface area contributed by atoms with Crippen LogP contribution in [0.4, 0.5) is 4.79 Å². The minimum absolute atomic E-state index is 0.0175. The van der Waals surface area contributed by atoms with Gasteiger partial charge in [0.2, 0.25) is 0 Å². The number of thiazole rings is 1. The maximum Gasteiger partial charge on any atom is 0.410 e. The lowest BCUT2D eigenvalue weighted by molar-refractivity contribution is 0.0171. The van der Waals surface area contributed by atoms with Gasteiger partial charge in [-0.3, -0.25) is 4.90 Å². The van der Waals surface area contributed by atoms with Crippen LogP contribution in [0.1, 0.15) is 38.2 Å². The van der Waals surface area contributed by atoms with Crippen molar-refractivity contribution in [3.05, 3.63) is 15.0 Å². The fraction of sp³-hybridized carbons (Fsp3) is 0.692.